The molecule has 0 unspecified atom stereocenters. The first-order valence-electron chi connectivity index (χ1n) is 8.38. The van der Waals surface area contributed by atoms with Gasteiger partial charge in [-0.1, -0.05) is 25.1 Å². The number of alkyl halides is 3. The third kappa shape index (κ3) is 4.64. The lowest BCUT2D eigenvalue weighted by Gasteiger charge is -2.11. The molecule has 1 N–H and O–H groups in total. The highest BCUT2D eigenvalue weighted by Gasteiger charge is 2.39. The fourth-order valence-electron chi connectivity index (χ4n) is 2.60. The van der Waals surface area contributed by atoms with Crippen LogP contribution in [0.1, 0.15) is 32.0 Å². The molecule has 1 aromatic heterocycles. The van der Waals surface area contributed by atoms with Gasteiger partial charge >= 0.3 is 6.18 Å². The summed E-state index contributed by atoms with van der Waals surface area (Å²) >= 11 is 2.64. The Morgan fingerprint density at radius 2 is 1.89 bits per heavy atom. The number of aromatic nitrogens is 2. The second kappa shape index (κ2) is 7.81. The van der Waals surface area contributed by atoms with Crippen LogP contribution in [-0.4, -0.2) is 21.1 Å². The first kappa shape index (κ1) is 20.2. The standard InChI is InChI=1S/C18H20F3N3OS2/c1-4-26-16-13(11-27-14-10-17(2,3)25-23-14)15(18(19,20)21)22-24(16)12-8-6-5-7-9-12/h5-10,23H,4,11H2,1-3H3. The largest absolute Gasteiger partial charge is 0.435 e. The van der Waals surface area contributed by atoms with Crippen molar-refractivity contribution in [1.29, 1.82) is 0 Å². The molecule has 0 amide bonds. The third-order valence-electron chi connectivity index (χ3n) is 3.75. The molecule has 2 heterocycles. The number of benzene rings is 1. The Balaban J connectivity index is 2.01. The van der Waals surface area contributed by atoms with Crippen LogP contribution in [0.15, 0.2) is 46.5 Å². The van der Waals surface area contributed by atoms with Crippen LogP contribution < -0.4 is 5.48 Å². The van der Waals surface area contributed by atoms with Crippen molar-refractivity contribution in [2.24, 2.45) is 0 Å². The third-order valence-corrected chi connectivity index (χ3v) is 5.68. The highest BCUT2D eigenvalue weighted by molar-refractivity contribution is 8.02. The number of para-hydroxylation sites is 1. The molecular formula is C18H20F3N3OS2. The van der Waals surface area contributed by atoms with Crippen molar-refractivity contribution in [3.8, 4) is 5.69 Å². The molecule has 1 aliphatic heterocycles. The van der Waals surface area contributed by atoms with E-state index in [4.69, 9.17) is 4.84 Å². The summed E-state index contributed by atoms with van der Waals surface area (Å²) < 4.78 is 42.4. The van der Waals surface area contributed by atoms with Crippen LogP contribution in [0, 0.1) is 0 Å². The minimum absolute atomic E-state index is 0.141. The number of halogens is 3. The van der Waals surface area contributed by atoms with E-state index >= 15 is 0 Å². The summed E-state index contributed by atoms with van der Waals surface area (Å²) in [6, 6.07) is 8.89. The highest BCUT2D eigenvalue weighted by atomic mass is 32.2. The Bertz CT molecular complexity index is 832. The molecule has 146 valence electrons. The minimum Gasteiger partial charge on any atom is -0.265 e. The van der Waals surface area contributed by atoms with Crippen molar-refractivity contribution >= 4 is 23.5 Å². The van der Waals surface area contributed by atoms with Crippen molar-refractivity contribution < 1.29 is 18.0 Å². The second-order valence-electron chi connectivity index (χ2n) is 6.42. The van der Waals surface area contributed by atoms with E-state index in [2.05, 4.69) is 10.6 Å². The topological polar surface area (TPSA) is 39.1 Å². The van der Waals surface area contributed by atoms with Gasteiger partial charge in [-0.3, -0.25) is 10.3 Å². The van der Waals surface area contributed by atoms with Crippen molar-refractivity contribution in [2.45, 2.75) is 43.3 Å². The molecule has 0 spiro atoms. The molecule has 0 radical (unpaired) electrons. The number of thioether (sulfide) groups is 2. The van der Waals surface area contributed by atoms with Gasteiger partial charge in [0.15, 0.2) is 5.69 Å². The number of hydroxylamine groups is 1. The van der Waals surface area contributed by atoms with Gasteiger partial charge in [0, 0.05) is 11.3 Å². The van der Waals surface area contributed by atoms with Crippen LogP contribution in [0.3, 0.4) is 0 Å². The van der Waals surface area contributed by atoms with E-state index in [-0.39, 0.29) is 11.3 Å². The van der Waals surface area contributed by atoms with Crippen LogP contribution in [0.4, 0.5) is 13.2 Å². The summed E-state index contributed by atoms with van der Waals surface area (Å²) in [5.74, 6) is 0.785. The predicted molar refractivity (Wildman–Crippen MR) is 103 cm³/mol. The van der Waals surface area contributed by atoms with Crippen molar-refractivity contribution in [2.75, 3.05) is 5.75 Å². The maximum absolute atomic E-state index is 13.7. The molecule has 9 heteroatoms. The normalized spacial score (nSPS) is 16.3. The average Bonchev–Trinajstić information content (AvgIpc) is 3.14. The number of hydrogen-bond donors (Lipinski definition) is 1. The molecule has 0 atom stereocenters. The van der Waals surface area contributed by atoms with Crippen molar-refractivity contribution in [3.05, 3.63) is 52.7 Å². The van der Waals surface area contributed by atoms with E-state index in [1.54, 1.807) is 24.3 Å². The van der Waals surface area contributed by atoms with Gasteiger partial charge in [0.1, 0.15) is 10.6 Å². The second-order valence-corrected chi connectivity index (χ2v) is 8.69. The average molecular weight is 416 g/mol. The smallest absolute Gasteiger partial charge is 0.265 e. The van der Waals surface area contributed by atoms with Gasteiger partial charge in [0.05, 0.1) is 10.7 Å². The van der Waals surface area contributed by atoms with E-state index in [1.165, 1.54) is 28.2 Å². The van der Waals surface area contributed by atoms with Crippen LogP contribution in [0.5, 0.6) is 0 Å². The van der Waals surface area contributed by atoms with Gasteiger partial charge < -0.3 is 0 Å². The zero-order valence-electron chi connectivity index (χ0n) is 15.1. The first-order valence-corrected chi connectivity index (χ1v) is 10.4. The Morgan fingerprint density at radius 3 is 2.44 bits per heavy atom. The minimum atomic E-state index is -4.52. The maximum Gasteiger partial charge on any atom is 0.435 e. The Labute approximate surface area is 164 Å². The Morgan fingerprint density at radius 1 is 1.19 bits per heavy atom. The monoisotopic (exact) mass is 415 g/mol. The number of rotatable bonds is 6. The fourth-order valence-corrected chi connectivity index (χ4v) is 4.62. The van der Waals surface area contributed by atoms with E-state index in [0.717, 1.165) is 0 Å². The molecule has 1 aromatic carbocycles. The van der Waals surface area contributed by atoms with Crippen molar-refractivity contribution in [3.63, 3.8) is 0 Å². The maximum atomic E-state index is 13.7. The van der Waals surface area contributed by atoms with Gasteiger partial charge in [-0.25, -0.2) is 4.68 Å². The molecule has 0 saturated heterocycles. The van der Waals surface area contributed by atoms with E-state index in [1.807, 2.05) is 32.9 Å². The highest BCUT2D eigenvalue weighted by Crippen LogP contribution is 2.40. The SMILES string of the molecule is CCSc1c(CSC2=CC(C)(C)ON2)c(C(F)(F)F)nn1-c1ccccc1. The summed E-state index contributed by atoms with van der Waals surface area (Å²) in [4.78, 5) is 5.38. The number of hydrogen-bond acceptors (Lipinski definition) is 5. The molecule has 0 bridgehead atoms. The molecule has 3 rings (SSSR count). The molecule has 0 aliphatic carbocycles. The Hall–Kier alpha value is -1.58. The number of nitrogens with zero attached hydrogens (tertiary/aromatic N) is 2. The molecule has 4 nitrogen and oxygen atoms in total. The van der Waals surface area contributed by atoms with Gasteiger partial charge in [-0.05, 0) is 37.8 Å². The summed E-state index contributed by atoms with van der Waals surface area (Å²) in [6.07, 6.45) is -2.66. The molecular weight excluding hydrogens is 395 g/mol. The summed E-state index contributed by atoms with van der Waals surface area (Å²) in [7, 11) is 0. The summed E-state index contributed by atoms with van der Waals surface area (Å²) in [6.45, 7) is 5.66. The van der Waals surface area contributed by atoms with Gasteiger partial charge in [0.2, 0.25) is 0 Å². The number of nitrogens with one attached hydrogen (secondary N) is 1. The lowest BCUT2D eigenvalue weighted by atomic mass is 10.1. The molecule has 27 heavy (non-hydrogen) atoms. The van der Waals surface area contributed by atoms with Crippen molar-refractivity contribution in [1.82, 2.24) is 15.3 Å². The van der Waals surface area contributed by atoms with Crippen LogP contribution in [-0.2, 0) is 16.8 Å². The quantitative estimate of drug-likeness (QED) is 0.641. The zero-order valence-corrected chi connectivity index (χ0v) is 16.8. The van der Waals surface area contributed by atoms with E-state index in [0.29, 0.717) is 21.5 Å². The lowest BCUT2D eigenvalue weighted by Crippen LogP contribution is -2.20. The fraction of sp³-hybridized carbons (Fsp3) is 0.389. The predicted octanol–water partition coefficient (Wildman–Crippen LogP) is 5.39. The van der Waals surface area contributed by atoms with Crippen LogP contribution in [0.2, 0.25) is 0 Å². The summed E-state index contributed by atoms with van der Waals surface area (Å²) in [5.41, 5.74) is 2.25. The van der Waals surface area contributed by atoms with E-state index in [9.17, 15) is 13.2 Å². The van der Waals surface area contributed by atoms with Gasteiger partial charge in [-0.15, -0.1) is 23.5 Å². The summed E-state index contributed by atoms with van der Waals surface area (Å²) in [5, 5.41) is 5.15. The molecule has 1 aliphatic rings. The van der Waals surface area contributed by atoms with Gasteiger partial charge in [-0.2, -0.15) is 18.3 Å². The zero-order chi connectivity index (χ0) is 19.7. The molecule has 0 fully saturated rings. The molecule has 2 aromatic rings. The van der Waals surface area contributed by atoms with Gasteiger partial charge in [0.25, 0.3) is 0 Å². The van der Waals surface area contributed by atoms with Crippen LogP contribution >= 0.6 is 23.5 Å². The first-order chi connectivity index (χ1) is 12.7. The van der Waals surface area contributed by atoms with E-state index < -0.39 is 17.5 Å². The lowest BCUT2D eigenvalue weighted by molar-refractivity contribution is -0.141. The Kier molecular flexibility index (Phi) is 5.83. The van der Waals surface area contributed by atoms with Crippen LogP contribution in [0.25, 0.3) is 5.69 Å². The molecule has 0 saturated carbocycles.